The number of rotatable bonds is 44. The molecule has 19 heteroatoms. The second-order valence-corrected chi connectivity index (χ2v) is 23.9. The highest BCUT2D eigenvalue weighted by molar-refractivity contribution is 5.90. The molecular weight excluding hydrogens is 1210 g/mol. The van der Waals surface area contributed by atoms with E-state index in [9.17, 15) is 19.2 Å². The molecule has 0 unspecified atom stereocenters. The Labute approximate surface area is 566 Å². The minimum Gasteiger partial charge on any atom is -0.494 e. The van der Waals surface area contributed by atoms with Gasteiger partial charge in [-0.1, -0.05) is 149 Å². The van der Waals surface area contributed by atoms with Gasteiger partial charge < -0.3 is 45.5 Å². The fourth-order valence-corrected chi connectivity index (χ4v) is 10.8. The summed E-state index contributed by atoms with van der Waals surface area (Å²) in [5.74, 6) is 1.29. The van der Waals surface area contributed by atoms with Gasteiger partial charge >= 0.3 is 0 Å². The molecule has 96 heavy (non-hydrogen) atoms. The fraction of sp³-hybridized carbons (Fsp3) is 0.377. The molecule has 0 spiro atoms. The lowest BCUT2D eigenvalue weighted by Gasteiger charge is -2.25. The Kier molecular flexibility index (Phi) is 31.6. The van der Waals surface area contributed by atoms with E-state index in [1.54, 1.807) is 12.4 Å². The smallest absolute Gasteiger partial charge is 0.248 e. The normalized spacial score (nSPS) is 11.2. The Hall–Kier alpha value is -9.08. The number of amides is 4. The standard InChI is InChI=1S/C77H95N11O8/c1-3-5-8-28-74(89)84-72-26-18-24-69(82-72)56-86(54-67-22-12-14-38-79-67)51-63-46-64(52-87(55-68-23-13-15-39-80-68)57-70-25-19-27-73(83-70)85-75(90)29-9-6-4-2)48-71(47-63)96-41-17-16-40-88(53-62-34-36-66(37-35-62)65-20-10-7-11-21-65)77(92)59-95-45-43-93-42-44-94-58-76(91)81-50-61-32-30-60(49-78)31-33-61/h7,10-15,18-27,30-39,46-48H,3-6,8-9,16-17,28-29,40-45,49-59,78H2,1-2H3,(H,81,91)(H,82,84,89)(H,83,85,90). The molecule has 0 aliphatic heterocycles. The SMILES string of the molecule is CCCCCC(=O)Nc1cccc(CN(Cc2cc(CN(Cc3ccccn3)Cc3cccc(NC(=O)CCCCC)n3)cc(OCCCCN(Cc3ccc(-c4ccccc4)cc3)C(=O)COCCOCCOCC(=O)NCc3ccc(CN)cc3)c2)Cc2ccccn2)n1. The van der Waals surface area contributed by atoms with Crippen LogP contribution in [0.15, 0.2) is 182 Å². The summed E-state index contributed by atoms with van der Waals surface area (Å²) >= 11 is 0. The fourth-order valence-electron chi connectivity index (χ4n) is 10.8. The second-order valence-electron chi connectivity index (χ2n) is 23.9. The number of carbonyl (C=O) groups excluding carboxylic acids is 4. The maximum Gasteiger partial charge on any atom is 0.248 e. The molecule has 0 saturated heterocycles. The van der Waals surface area contributed by atoms with E-state index in [1.165, 1.54) is 0 Å². The molecule has 5 N–H and O–H groups in total. The van der Waals surface area contributed by atoms with Crippen LogP contribution >= 0.6 is 0 Å². The van der Waals surface area contributed by atoms with Crippen LogP contribution in [-0.4, -0.2) is 111 Å². The van der Waals surface area contributed by atoms with Gasteiger partial charge in [0, 0.05) is 90.7 Å². The number of carbonyl (C=O) groups is 4. The molecular formula is C77H95N11O8. The number of ether oxygens (including phenoxy) is 4. The third kappa shape index (κ3) is 27.3. The third-order valence-corrected chi connectivity index (χ3v) is 15.8. The third-order valence-electron chi connectivity index (χ3n) is 15.8. The van der Waals surface area contributed by atoms with Crippen molar-refractivity contribution in [2.75, 3.05) is 63.4 Å². The Morgan fingerprint density at radius 3 is 1.50 bits per heavy atom. The van der Waals surface area contributed by atoms with Crippen molar-refractivity contribution < 1.29 is 38.1 Å². The van der Waals surface area contributed by atoms with E-state index in [2.05, 4.69) is 94.2 Å². The van der Waals surface area contributed by atoms with Gasteiger partial charge in [0.25, 0.3) is 0 Å². The molecule has 4 aromatic carbocycles. The van der Waals surface area contributed by atoms with E-state index >= 15 is 0 Å². The summed E-state index contributed by atoms with van der Waals surface area (Å²) in [6.45, 7) is 10.1. The number of nitrogens with one attached hydrogen (secondary N) is 3. The first-order chi connectivity index (χ1) is 47.1. The van der Waals surface area contributed by atoms with Crippen LogP contribution in [0.4, 0.5) is 11.6 Å². The number of anilines is 2. The molecule has 0 aliphatic rings. The van der Waals surface area contributed by atoms with Crippen LogP contribution in [0, 0.1) is 0 Å². The Balaban J connectivity index is 0.948. The van der Waals surface area contributed by atoms with Crippen molar-refractivity contribution in [2.45, 2.75) is 137 Å². The first-order valence-electron chi connectivity index (χ1n) is 33.8. The number of pyridine rings is 4. The van der Waals surface area contributed by atoms with E-state index in [1.807, 2.05) is 120 Å². The van der Waals surface area contributed by atoms with E-state index in [0.717, 1.165) is 100 Å². The summed E-state index contributed by atoms with van der Waals surface area (Å²) in [5, 5.41) is 8.89. The predicted octanol–water partition coefficient (Wildman–Crippen LogP) is 12.4. The molecule has 506 valence electrons. The van der Waals surface area contributed by atoms with Crippen LogP contribution in [0.1, 0.15) is 129 Å². The molecule has 0 saturated carbocycles. The van der Waals surface area contributed by atoms with Gasteiger partial charge in [-0.3, -0.25) is 38.9 Å². The van der Waals surface area contributed by atoms with Crippen molar-refractivity contribution in [3.8, 4) is 16.9 Å². The predicted molar refractivity (Wildman–Crippen MR) is 375 cm³/mol. The van der Waals surface area contributed by atoms with Gasteiger partial charge in [-0.25, -0.2) is 9.97 Å². The van der Waals surface area contributed by atoms with Crippen molar-refractivity contribution in [2.24, 2.45) is 5.73 Å². The minimum absolute atomic E-state index is 0.0465. The summed E-state index contributed by atoms with van der Waals surface area (Å²) in [5.41, 5.74) is 16.3. The summed E-state index contributed by atoms with van der Waals surface area (Å²) in [6.07, 6.45) is 11.5. The number of unbranched alkanes of at least 4 members (excludes halogenated alkanes) is 5. The van der Waals surface area contributed by atoms with Gasteiger partial charge in [0.15, 0.2) is 0 Å². The summed E-state index contributed by atoms with van der Waals surface area (Å²) in [6, 6.07) is 56.0. The van der Waals surface area contributed by atoms with Crippen LogP contribution in [0.25, 0.3) is 11.1 Å². The van der Waals surface area contributed by atoms with E-state index in [0.29, 0.717) is 115 Å². The highest BCUT2D eigenvalue weighted by Crippen LogP contribution is 2.25. The van der Waals surface area contributed by atoms with E-state index < -0.39 is 0 Å². The quantitative estimate of drug-likeness (QED) is 0.0260. The molecule has 8 rings (SSSR count). The van der Waals surface area contributed by atoms with Gasteiger partial charge in [0.2, 0.25) is 23.6 Å². The Morgan fingerprint density at radius 1 is 0.438 bits per heavy atom. The molecule has 8 aromatic rings. The van der Waals surface area contributed by atoms with Gasteiger partial charge in [0.1, 0.15) is 30.6 Å². The topological polar surface area (TPSA) is 229 Å². The molecule has 0 fully saturated rings. The number of nitrogens with two attached hydrogens (primary N) is 1. The lowest BCUT2D eigenvalue weighted by Crippen LogP contribution is -2.35. The van der Waals surface area contributed by atoms with Crippen LogP contribution in [0.2, 0.25) is 0 Å². The minimum atomic E-state index is -0.222. The molecule has 0 aliphatic carbocycles. The van der Waals surface area contributed by atoms with Crippen LogP contribution in [0.3, 0.4) is 0 Å². The Morgan fingerprint density at radius 2 is 0.948 bits per heavy atom. The second kappa shape index (κ2) is 41.7. The number of nitrogens with zero attached hydrogens (tertiary/aromatic N) is 7. The first kappa shape index (κ1) is 72.7. The van der Waals surface area contributed by atoms with Crippen LogP contribution < -0.4 is 26.4 Å². The van der Waals surface area contributed by atoms with Gasteiger partial charge in [-0.05, 0) is 125 Å². The zero-order chi connectivity index (χ0) is 67.2. The molecule has 19 nitrogen and oxygen atoms in total. The van der Waals surface area contributed by atoms with Crippen LogP contribution in [-0.2, 0) is 92.3 Å². The first-order valence-corrected chi connectivity index (χ1v) is 33.8. The number of hydrogen-bond acceptors (Lipinski definition) is 15. The van der Waals surface area contributed by atoms with Gasteiger partial charge in [0.05, 0.1) is 55.8 Å². The van der Waals surface area contributed by atoms with Crippen LogP contribution in [0.5, 0.6) is 5.75 Å². The summed E-state index contributed by atoms with van der Waals surface area (Å²) < 4.78 is 23.9. The molecule has 0 bridgehead atoms. The van der Waals surface area contributed by atoms with Crippen molar-refractivity contribution >= 4 is 35.3 Å². The molecule has 0 radical (unpaired) electrons. The summed E-state index contributed by atoms with van der Waals surface area (Å²) in [7, 11) is 0. The maximum absolute atomic E-state index is 14.1. The lowest BCUT2D eigenvalue weighted by molar-refractivity contribution is -0.137. The Bertz CT molecular complexity index is 3440. The average molecular weight is 1300 g/mol. The number of hydrogen-bond donors (Lipinski definition) is 4. The van der Waals surface area contributed by atoms with Crippen molar-refractivity contribution in [1.82, 2.24) is 40.0 Å². The van der Waals surface area contributed by atoms with Gasteiger partial charge in [-0.2, -0.15) is 0 Å². The highest BCUT2D eigenvalue weighted by Gasteiger charge is 2.19. The molecule has 4 amide bonds. The number of aromatic nitrogens is 4. The van der Waals surface area contributed by atoms with Crippen molar-refractivity contribution in [1.29, 1.82) is 0 Å². The molecule has 0 atom stereocenters. The average Bonchev–Trinajstić information content (AvgIpc) is 0.976. The van der Waals surface area contributed by atoms with Gasteiger partial charge in [-0.15, -0.1) is 0 Å². The van der Waals surface area contributed by atoms with Crippen molar-refractivity contribution in [3.05, 3.63) is 233 Å². The monoisotopic (exact) mass is 1300 g/mol. The number of benzene rings is 4. The zero-order valence-electron chi connectivity index (χ0n) is 55.9. The van der Waals surface area contributed by atoms with E-state index in [-0.39, 0.29) is 63.3 Å². The largest absolute Gasteiger partial charge is 0.494 e. The maximum atomic E-state index is 14.1. The molecule has 4 heterocycles. The van der Waals surface area contributed by atoms with Crippen molar-refractivity contribution in [3.63, 3.8) is 0 Å². The summed E-state index contributed by atoms with van der Waals surface area (Å²) in [4.78, 5) is 77.9. The highest BCUT2D eigenvalue weighted by atomic mass is 16.5. The van der Waals surface area contributed by atoms with E-state index in [4.69, 9.17) is 44.6 Å². The molecule has 4 aromatic heterocycles. The zero-order valence-corrected chi connectivity index (χ0v) is 55.9. The lowest BCUT2D eigenvalue weighted by atomic mass is 10.0.